The summed E-state index contributed by atoms with van der Waals surface area (Å²) in [6.07, 6.45) is 0. The largest absolute Gasteiger partial charge is 0.354 e. The first-order valence-corrected chi connectivity index (χ1v) is 14.2. The first-order valence-electron chi connectivity index (χ1n) is 13.4. The van der Waals surface area contributed by atoms with Crippen LogP contribution in [0.2, 0.25) is 0 Å². The molecule has 0 spiro atoms. The monoisotopic (exact) mass is 527 g/mol. The first-order chi connectivity index (χ1) is 19.8. The molecule has 3 nitrogen and oxygen atoms in total. The van der Waals surface area contributed by atoms with Gasteiger partial charge in [-0.2, -0.15) is 0 Å². The Labute approximate surface area is 234 Å². The molecular weight excluding hydrogens is 506 g/mol. The van der Waals surface area contributed by atoms with Crippen molar-refractivity contribution in [3.63, 3.8) is 0 Å². The molecular formula is C36H21N3S. The molecule has 0 atom stereocenters. The molecule has 0 radical (unpaired) electrons. The maximum atomic E-state index is 5.20. The van der Waals surface area contributed by atoms with Gasteiger partial charge in [-0.05, 0) is 24.3 Å². The van der Waals surface area contributed by atoms with Gasteiger partial charge >= 0.3 is 0 Å². The van der Waals surface area contributed by atoms with Gasteiger partial charge in [0.25, 0.3) is 0 Å². The minimum absolute atomic E-state index is 0.972. The zero-order valence-corrected chi connectivity index (χ0v) is 22.2. The van der Waals surface area contributed by atoms with E-state index in [0.29, 0.717) is 0 Å². The van der Waals surface area contributed by atoms with E-state index >= 15 is 0 Å². The average molecular weight is 528 g/mol. The van der Waals surface area contributed by atoms with Crippen LogP contribution in [0.25, 0.3) is 87.0 Å². The summed E-state index contributed by atoms with van der Waals surface area (Å²) in [5.74, 6) is 0. The third-order valence-electron chi connectivity index (χ3n) is 7.99. The van der Waals surface area contributed by atoms with Gasteiger partial charge in [-0.15, -0.1) is 11.3 Å². The van der Waals surface area contributed by atoms with E-state index in [1.165, 1.54) is 30.9 Å². The van der Waals surface area contributed by atoms with Gasteiger partial charge in [-0.25, -0.2) is 9.97 Å². The third-order valence-corrected chi connectivity index (χ3v) is 9.11. The number of nitrogens with zero attached hydrogens (tertiary/aromatic N) is 2. The highest BCUT2D eigenvalue weighted by Crippen LogP contribution is 2.42. The summed E-state index contributed by atoms with van der Waals surface area (Å²) in [6, 6.07) is 43.2. The van der Waals surface area contributed by atoms with Crippen molar-refractivity contribution < 1.29 is 0 Å². The van der Waals surface area contributed by atoms with Crippen molar-refractivity contribution in [2.45, 2.75) is 0 Å². The molecule has 2 aliphatic heterocycles. The van der Waals surface area contributed by atoms with Crippen LogP contribution in [0, 0.1) is 0 Å². The highest BCUT2D eigenvalue weighted by atomic mass is 32.1. The molecule has 40 heavy (non-hydrogen) atoms. The van der Waals surface area contributed by atoms with Crippen molar-refractivity contribution in [3.8, 4) is 45.0 Å². The second-order valence-corrected chi connectivity index (χ2v) is 11.4. The first kappa shape index (κ1) is 21.8. The molecule has 0 fully saturated rings. The van der Waals surface area contributed by atoms with E-state index in [2.05, 4.69) is 126 Å². The molecule has 3 aromatic heterocycles. The van der Waals surface area contributed by atoms with E-state index in [1.54, 1.807) is 11.3 Å². The number of fused-ring (bicyclic) bond motifs is 20. The lowest BCUT2D eigenvalue weighted by molar-refractivity contribution is 1.41. The Morgan fingerprint density at radius 1 is 0.400 bits per heavy atom. The van der Waals surface area contributed by atoms with Gasteiger partial charge in [-0.3, -0.25) is 0 Å². The molecule has 0 saturated heterocycles. The molecule has 1 N–H and O–H groups in total. The summed E-state index contributed by atoms with van der Waals surface area (Å²) in [6.45, 7) is 0. The van der Waals surface area contributed by atoms with Gasteiger partial charge < -0.3 is 4.98 Å². The Bertz CT molecular complexity index is 2020. The zero-order chi connectivity index (χ0) is 26.2. The molecule has 0 unspecified atom stereocenters. The Morgan fingerprint density at radius 2 is 0.750 bits per heavy atom. The zero-order valence-electron chi connectivity index (χ0n) is 21.3. The Morgan fingerprint density at radius 3 is 1.18 bits per heavy atom. The van der Waals surface area contributed by atoms with Crippen molar-refractivity contribution in [2.75, 3.05) is 0 Å². The summed E-state index contributed by atoms with van der Waals surface area (Å²) in [7, 11) is 0. The van der Waals surface area contributed by atoms with Crippen molar-refractivity contribution >= 4 is 53.3 Å². The minimum atomic E-state index is 0.972. The number of H-pyrrole nitrogens is 1. The predicted molar refractivity (Wildman–Crippen MR) is 168 cm³/mol. The number of hydrogen-bond donors (Lipinski definition) is 1. The SMILES string of the molecule is c1ccc2c(c1)-c1cc3[nH]c(cc4nc(cc5sc(cc-2n1)c1ccccc51)-c1ccccc1-4)c1ccccc31. The van der Waals surface area contributed by atoms with Gasteiger partial charge in [0.2, 0.25) is 0 Å². The van der Waals surface area contributed by atoms with E-state index in [4.69, 9.17) is 9.97 Å². The third kappa shape index (κ3) is 3.17. The van der Waals surface area contributed by atoms with Crippen molar-refractivity contribution in [1.29, 1.82) is 0 Å². The van der Waals surface area contributed by atoms with Crippen molar-refractivity contribution in [2.24, 2.45) is 0 Å². The van der Waals surface area contributed by atoms with Crippen LogP contribution in [0.1, 0.15) is 0 Å². The number of thiophene rings is 1. The van der Waals surface area contributed by atoms with Crippen LogP contribution in [0.3, 0.4) is 0 Å². The lowest BCUT2D eigenvalue weighted by atomic mass is 10.0. The van der Waals surface area contributed by atoms with Crippen LogP contribution >= 0.6 is 11.3 Å². The van der Waals surface area contributed by atoms with Crippen LogP contribution in [0.5, 0.6) is 0 Å². The fourth-order valence-corrected chi connectivity index (χ4v) is 7.29. The van der Waals surface area contributed by atoms with Gasteiger partial charge in [0.1, 0.15) is 0 Å². The maximum Gasteiger partial charge on any atom is 0.0737 e. The highest BCUT2D eigenvalue weighted by molar-refractivity contribution is 7.25. The molecule has 186 valence electrons. The molecule has 2 aliphatic rings. The van der Waals surface area contributed by atoms with Crippen molar-refractivity contribution in [3.05, 3.63) is 121 Å². The smallest absolute Gasteiger partial charge is 0.0737 e. The summed E-state index contributed by atoms with van der Waals surface area (Å²) in [5, 5.41) is 4.82. The average Bonchev–Trinajstić information content (AvgIpc) is 3.73. The van der Waals surface area contributed by atoms with Crippen molar-refractivity contribution in [1.82, 2.24) is 15.0 Å². The van der Waals surface area contributed by atoms with E-state index in [-0.39, 0.29) is 0 Å². The quantitative estimate of drug-likeness (QED) is 0.213. The topological polar surface area (TPSA) is 41.6 Å². The Balaban J connectivity index is 1.51. The number of benzene rings is 4. The van der Waals surface area contributed by atoms with Crippen LogP contribution in [0.15, 0.2) is 121 Å². The second-order valence-electron chi connectivity index (χ2n) is 10.3. The summed E-state index contributed by atoms with van der Waals surface area (Å²) >= 11 is 1.80. The Kier molecular flexibility index (Phi) is 4.48. The molecule has 8 bridgehead atoms. The molecule has 4 aromatic carbocycles. The molecule has 0 aliphatic carbocycles. The minimum Gasteiger partial charge on any atom is -0.354 e. The number of aromatic amines is 1. The highest BCUT2D eigenvalue weighted by Gasteiger charge is 2.19. The normalized spacial score (nSPS) is 12.0. The standard InChI is InChI=1S/C36H21N3S/c1-2-10-22-21(9-1)29-17-31-23-11-3-5-13-25(23)33(38-31)19-35-27-15-7-8-16-28(27)36(40-35)20-34-26-14-6-4-12-24(26)32(39-34)18-30(22)37-29/h1-20,37H. The van der Waals surface area contributed by atoms with Gasteiger partial charge in [0.05, 0.1) is 22.8 Å². The lowest BCUT2D eigenvalue weighted by Gasteiger charge is -1.97. The van der Waals surface area contributed by atoms with E-state index in [9.17, 15) is 0 Å². The van der Waals surface area contributed by atoms with Crippen LogP contribution in [-0.4, -0.2) is 15.0 Å². The van der Waals surface area contributed by atoms with Gasteiger partial charge in [-0.1, -0.05) is 97.1 Å². The number of nitrogens with one attached hydrogen (secondary N) is 1. The van der Waals surface area contributed by atoms with Gasteiger partial charge in [0, 0.05) is 64.2 Å². The molecule has 0 amide bonds. The molecule has 5 heterocycles. The maximum absolute atomic E-state index is 5.20. The number of aromatic nitrogens is 3. The number of rotatable bonds is 0. The second kappa shape index (κ2) is 8.22. The summed E-state index contributed by atoms with van der Waals surface area (Å²) < 4.78 is 2.41. The molecule has 7 aromatic rings. The van der Waals surface area contributed by atoms with Crippen LogP contribution < -0.4 is 0 Å². The molecule has 9 rings (SSSR count). The van der Waals surface area contributed by atoms with E-state index < -0.39 is 0 Å². The summed E-state index contributed by atoms with van der Waals surface area (Å²) in [4.78, 5) is 14.1. The Hall–Kier alpha value is -5.06. The molecule has 4 heteroatoms. The van der Waals surface area contributed by atoms with Gasteiger partial charge in [0.15, 0.2) is 0 Å². The fraction of sp³-hybridized carbons (Fsp3) is 0. The van der Waals surface area contributed by atoms with Crippen LogP contribution in [-0.2, 0) is 0 Å². The fourth-order valence-electron chi connectivity index (χ4n) is 6.14. The number of hydrogen-bond acceptors (Lipinski definition) is 3. The lowest BCUT2D eigenvalue weighted by Crippen LogP contribution is -1.75. The molecule has 0 saturated carbocycles. The van der Waals surface area contributed by atoms with E-state index in [1.807, 2.05) is 0 Å². The predicted octanol–water partition coefficient (Wildman–Crippen LogP) is 10.0. The van der Waals surface area contributed by atoms with Crippen LogP contribution in [0.4, 0.5) is 0 Å². The van der Waals surface area contributed by atoms with E-state index in [0.717, 1.165) is 56.1 Å². The summed E-state index contributed by atoms with van der Waals surface area (Å²) in [5.41, 5.74) is 10.7.